The summed E-state index contributed by atoms with van der Waals surface area (Å²) in [6, 6.07) is 10.3. The maximum Gasteiger partial charge on any atom is 0.242 e. The summed E-state index contributed by atoms with van der Waals surface area (Å²) >= 11 is 3.95. The number of halogens is 2. The number of hydrogen-bond donors (Lipinski definition) is 4. The predicted molar refractivity (Wildman–Crippen MR) is 273 cm³/mol. The Hall–Kier alpha value is -4.77. The predicted octanol–water partition coefficient (Wildman–Crippen LogP) is 8.90. The van der Waals surface area contributed by atoms with Crippen LogP contribution < -0.4 is 15.7 Å². The van der Waals surface area contributed by atoms with Crippen LogP contribution in [0.5, 0.6) is 5.75 Å². The van der Waals surface area contributed by atoms with Gasteiger partial charge in [-0.2, -0.15) is 11.0 Å². The Morgan fingerprint density at radius 2 is 1.80 bits per heavy atom. The lowest BCUT2D eigenvalue weighted by Gasteiger charge is -2.39. The van der Waals surface area contributed by atoms with Crippen LogP contribution in [0.3, 0.4) is 0 Å². The van der Waals surface area contributed by atoms with Crippen molar-refractivity contribution < 1.29 is 33.1 Å². The number of alkyl halides is 1. The number of aromatic amines is 2. The number of aromatic nitrogens is 6. The number of hydrogen-bond acceptors (Lipinski definition) is 12. The number of likely N-dealkylation sites (tertiary alicyclic amines) is 1. The summed E-state index contributed by atoms with van der Waals surface area (Å²) < 4.78 is 32.7. The number of ether oxygens (including phenoxy) is 2. The molecule has 10 rings (SSSR count). The average Bonchev–Trinajstić information content (AvgIpc) is 3.94. The third kappa shape index (κ3) is 9.90. The van der Waals surface area contributed by atoms with Crippen LogP contribution in [0.1, 0.15) is 100 Å². The van der Waals surface area contributed by atoms with Gasteiger partial charge < -0.3 is 38.9 Å². The molecule has 0 radical (unpaired) electrons. The third-order valence-corrected chi connectivity index (χ3v) is 15.7. The molecule has 70 heavy (non-hydrogen) atoms. The molecule has 16 nitrogen and oxygen atoms in total. The van der Waals surface area contributed by atoms with Gasteiger partial charge in [0, 0.05) is 53.3 Å². The molecular formula is C51H62FIN10O6S. The number of nitrogens with one attached hydrogen (secondary N) is 4. The molecule has 0 spiro atoms. The summed E-state index contributed by atoms with van der Waals surface area (Å²) in [5, 5.41) is 1.97. The van der Waals surface area contributed by atoms with Crippen LogP contribution in [0.15, 0.2) is 55.0 Å². The van der Waals surface area contributed by atoms with Crippen molar-refractivity contribution in [2.75, 3.05) is 38.3 Å². The summed E-state index contributed by atoms with van der Waals surface area (Å²) in [5.41, 5.74) is 10.4. The van der Waals surface area contributed by atoms with Crippen LogP contribution in [-0.4, -0.2) is 107 Å². The minimum absolute atomic E-state index is 0.0173. The Bertz CT molecular complexity index is 2860. The second kappa shape index (κ2) is 20.4. The van der Waals surface area contributed by atoms with Crippen LogP contribution in [0, 0.1) is 23.6 Å². The number of amides is 2. The van der Waals surface area contributed by atoms with Gasteiger partial charge in [0.25, 0.3) is 0 Å². The molecule has 19 heteroatoms. The zero-order valence-electron chi connectivity index (χ0n) is 40.5. The molecule has 4 aliphatic rings. The number of carbonyl (C=O) groups excluding carboxylic acids is 2. The highest BCUT2D eigenvalue weighted by molar-refractivity contribution is 14.1. The minimum Gasteiger partial charge on any atom is -0.464 e. The van der Waals surface area contributed by atoms with Gasteiger partial charge in [0.15, 0.2) is 0 Å². The van der Waals surface area contributed by atoms with Crippen molar-refractivity contribution >= 4 is 56.6 Å². The summed E-state index contributed by atoms with van der Waals surface area (Å²) in [5.74, 6) is 1.96. The Morgan fingerprint density at radius 3 is 2.56 bits per heavy atom. The Labute approximate surface area is 424 Å². The standard InChI is InChI=1S/C51H62FIN10O6S/c1-28(2)45(59-66-5)49(65)62-15-7-8-38(62)47-56-25-36(58-47)32-20-34(52)44-39-21-33-19-30(11-12-37(33)63(39)50(69-40(44)22-32)41-26-55-43(70-41)18-29-9-10-29)35-24-54-42(57-35)27-61(16-14-53)48(64)46(60-67-6)31-13-17-68-51(3,4)23-31/h11-12,19-22,24-26,28-29,31,38,45-46,50,59-60H,7-10,13-18,23,27H2,1-6H3,(H,54,57)(H,56,58)/t31?,38-,45-,46?,50?/m0/s1. The molecule has 3 aliphatic heterocycles. The van der Waals surface area contributed by atoms with Gasteiger partial charge in [0.1, 0.15) is 35.3 Å². The highest BCUT2D eigenvalue weighted by Gasteiger charge is 2.40. The van der Waals surface area contributed by atoms with Crippen LogP contribution >= 0.6 is 33.9 Å². The average molecular weight is 1090 g/mol. The fourth-order valence-electron chi connectivity index (χ4n) is 10.5. The van der Waals surface area contributed by atoms with Gasteiger partial charge in [0.2, 0.25) is 18.0 Å². The van der Waals surface area contributed by atoms with E-state index in [2.05, 4.69) is 74.1 Å². The molecule has 6 aromatic rings. The van der Waals surface area contributed by atoms with Gasteiger partial charge in [-0.1, -0.05) is 42.5 Å². The highest BCUT2D eigenvalue weighted by atomic mass is 127. The van der Waals surface area contributed by atoms with E-state index >= 15 is 4.39 Å². The summed E-state index contributed by atoms with van der Waals surface area (Å²) in [6.45, 7) is 10.1. The van der Waals surface area contributed by atoms with E-state index in [1.807, 2.05) is 48.0 Å². The normalized spacial score (nSPS) is 20.6. The quantitative estimate of drug-likeness (QED) is 0.0367. The molecule has 7 heterocycles. The van der Waals surface area contributed by atoms with Crippen molar-refractivity contribution in [2.24, 2.45) is 17.8 Å². The number of thiazole rings is 1. The van der Waals surface area contributed by atoms with E-state index in [4.69, 9.17) is 34.1 Å². The molecule has 2 amide bonds. The summed E-state index contributed by atoms with van der Waals surface area (Å²) in [4.78, 5) is 64.4. The lowest BCUT2D eigenvalue weighted by Crippen LogP contribution is -2.53. The van der Waals surface area contributed by atoms with Gasteiger partial charge in [0.05, 0.1) is 82.8 Å². The van der Waals surface area contributed by atoms with E-state index in [-0.39, 0.29) is 35.3 Å². The maximum atomic E-state index is 16.9. The molecular weight excluding hydrogens is 1030 g/mol. The van der Waals surface area contributed by atoms with Gasteiger partial charge in [-0.05, 0) is 100 Å². The molecule has 1 aliphatic carbocycles. The zero-order valence-corrected chi connectivity index (χ0v) is 43.5. The molecule has 3 unspecified atom stereocenters. The highest BCUT2D eigenvalue weighted by Crippen LogP contribution is 2.48. The van der Waals surface area contributed by atoms with Gasteiger partial charge in [-0.3, -0.25) is 14.2 Å². The number of rotatable bonds is 18. The SMILES string of the molecule is CONC(C(=O)N(CCI)Cc1ncc(-c2ccc3c(c2)cc2n3C(c3cnc(CC4CC4)s3)Oc3cc(-c4cnc([C@@H]5CCCN5C(=O)[C@@H](NOC)C(C)C)[nH]4)cc(F)c3-2)[nH]1)C1CCOC(C)(C)C1. The van der Waals surface area contributed by atoms with Crippen molar-refractivity contribution in [1.29, 1.82) is 0 Å². The number of benzene rings is 2. The number of nitrogens with zero attached hydrogens (tertiary/aromatic N) is 6. The molecule has 2 saturated heterocycles. The van der Waals surface area contributed by atoms with E-state index in [1.165, 1.54) is 26.0 Å². The van der Waals surface area contributed by atoms with Gasteiger partial charge >= 0.3 is 0 Å². The molecule has 4 aromatic heterocycles. The number of H-pyrrole nitrogens is 2. The van der Waals surface area contributed by atoms with Crippen molar-refractivity contribution in [3.8, 4) is 39.5 Å². The van der Waals surface area contributed by atoms with E-state index in [0.29, 0.717) is 72.1 Å². The van der Waals surface area contributed by atoms with Crippen molar-refractivity contribution in [2.45, 2.75) is 109 Å². The fourth-order valence-corrected chi connectivity index (χ4v) is 12.1. The van der Waals surface area contributed by atoms with Crippen LogP contribution in [-0.2, 0) is 37.0 Å². The summed E-state index contributed by atoms with van der Waals surface area (Å²) in [6.07, 6.45) is 11.3. The van der Waals surface area contributed by atoms with E-state index in [0.717, 1.165) is 68.6 Å². The molecule has 4 N–H and O–H groups in total. The second-order valence-corrected chi connectivity index (χ2v) is 22.3. The van der Waals surface area contributed by atoms with E-state index < -0.39 is 24.1 Å². The van der Waals surface area contributed by atoms with Crippen molar-refractivity contribution in [3.63, 3.8) is 0 Å². The van der Waals surface area contributed by atoms with Crippen LogP contribution in [0.2, 0.25) is 0 Å². The lowest BCUT2D eigenvalue weighted by atomic mass is 9.83. The molecule has 372 valence electrons. The first-order valence-electron chi connectivity index (χ1n) is 24.4. The topological polar surface area (TPSA) is 177 Å². The zero-order chi connectivity index (χ0) is 48.8. The molecule has 1 saturated carbocycles. The number of carbonyl (C=O) groups is 2. The minimum atomic E-state index is -0.597. The van der Waals surface area contributed by atoms with Crippen molar-refractivity contribution in [1.82, 2.24) is 50.2 Å². The number of hydroxylamine groups is 2. The largest absolute Gasteiger partial charge is 0.464 e. The second-order valence-electron chi connectivity index (χ2n) is 20.0. The molecule has 3 fully saturated rings. The van der Waals surface area contributed by atoms with Gasteiger partial charge in [-0.25, -0.2) is 19.3 Å². The smallest absolute Gasteiger partial charge is 0.242 e. The van der Waals surface area contributed by atoms with E-state index in [9.17, 15) is 9.59 Å². The van der Waals surface area contributed by atoms with E-state index in [1.54, 1.807) is 30.8 Å². The molecule has 0 bridgehead atoms. The van der Waals surface area contributed by atoms with Crippen LogP contribution in [0.4, 0.5) is 4.39 Å². The summed E-state index contributed by atoms with van der Waals surface area (Å²) in [7, 11) is 3.07. The molecule has 2 aromatic carbocycles. The number of imidazole rings is 2. The fraction of sp³-hybridized carbons (Fsp3) is 0.510. The van der Waals surface area contributed by atoms with Crippen molar-refractivity contribution in [3.05, 3.63) is 82.3 Å². The Morgan fingerprint density at radius 1 is 1.00 bits per heavy atom. The number of fused-ring (bicyclic) bond motifs is 5. The van der Waals surface area contributed by atoms with Gasteiger partial charge in [-0.15, -0.1) is 11.3 Å². The van der Waals surface area contributed by atoms with Crippen LogP contribution in [0.25, 0.3) is 44.7 Å². The maximum absolute atomic E-state index is 16.9. The first kappa shape index (κ1) is 48.8. The third-order valence-electron chi connectivity index (χ3n) is 14.2. The first-order chi connectivity index (χ1) is 33.8. The molecule has 5 atom stereocenters. The Kier molecular flexibility index (Phi) is 14.2. The lowest BCUT2D eigenvalue weighted by molar-refractivity contribution is -0.145. The first-order valence-corrected chi connectivity index (χ1v) is 26.7. The monoisotopic (exact) mass is 1090 g/mol. The Balaban J connectivity index is 0.950.